The minimum atomic E-state index is 0.427. The van der Waals surface area contributed by atoms with Gasteiger partial charge in [0.2, 0.25) is 0 Å². The molecule has 2 saturated heterocycles. The van der Waals surface area contributed by atoms with Crippen molar-refractivity contribution < 1.29 is 4.74 Å². The summed E-state index contributed by atoms with van der Waals surface area (Å²) in [4.78, 5) is 5.16. The van der Waals surface area contributed by atoms with Crippen molar-refractivity contribution >= 4 is 5.69 Å². The first-order valence-electron chi connectivity index (χ1n) is 8.83. The van der Waals surface area contributed by atoms with Gasteiger partial charge in [-0.25, -0.2) is 0 Å². The SMILES string of the molecule is COC[C@@H]1CNCCN1c1ccc2c(c1)CN1C(C)CNC[C@H]21. The molecule has 4 rings (SSSR count). The molecule has 0 bridgehead atoms. The predicted molar refractivity (Wildman–Crippen MR) is 92.9 cm³/mol. The summed E-state index contributed by atoms with van der Waals surface area (Å²) in [7, 11) is 1.79. The molecule has 0 spiro atoms. The smallest absolute Gasteiger partial charge is 0.0678 e. The Morgan fingerprint density at radius 3 is 3.00 bits per heavy atom. The molecule has 3 heterocycles. The monoisotopic (exact) mass is 316 g/mol. The summed E-state index contributed by atoms with van der Waals surface area (Å²) in [5.41, 5.74) is 4.39. The Morgan fingerprint density at radius 1 is 1.22 bits per heavy atom. The van der Waals surface area contributed by atoms with Crippen LogP contribution in [0.2, 0.25) is 0 Å². The standard InChI is InChI=1S/C18H28N4O/c1-13-8-20-10-18-17-4-3-15(7-14(17)11-22(13)18)21-6-5-19-9-16(21)12-23-2/h3-4,7,13,16,18-20H,5-6,8-12H2,1-2H3/t13?,16-,18+/m0/s1. The first-order chi connectivity index (χ1) is 11.3. The van der Waals surface area contributed by atoms with Crippen LogP contribution in [0.15, 0.2) is 18.2 Å². The number of anilines is 1. The van der Waals surface area contributed by atoms with Crippen molar-refractivity contribution in [2.75, 3.05) is 51.3 Å². The Labute approximate surface area is 139 Å². The number of ether oxygens (including phenoxy) is 1. The zero-order valence-electron chi connectivity index (χ0n) is 14.2. The van der Waals surface area contributed by atoms with Crippen molar-refractivity contribution in [1.29, 1.82) is 0 Å². The summed E-state index contributed by atoms with van der Waals surface area (Å²) in [5, 5.41) is 7.05. The average molecular weight is 316 g/mol. The van der Waals surface area contributed by atoms with Crippen LogP contribution in [0.5, 0.6) is 0 Å². The van der Waals surface area contributed by atoms with Gasteiger partial charge in [0.1, 0.15) is 0 Å². The Balaban J connectivity index is 1.59. The Kier molecular flexibility index (Phi) is 4.28. The fourth-order valence-electron chi connectivity index (χ4n) is 4.40. The van der Waals surface area contributed by atoms with E-state index < -0.39 is 0 Å². The second-order valence-electron chi connectivity index (χ2n) is 7.09. The van der Waals surface area contributed by atoms with Crippen molar-refractivity contribution in [2.45, 2.75) is 31.6 Å². The minimum absolute atomic E-state index is 0.427. The third-order valence-corrected chi connectivity index (χ3v) is 5.62. The maximum Gasteiger partial charge on any atom is 0.0678 e. The van der Waals surface area contributed by atoms with E-state index in [4.69, 9.17) is 4.74 Å². The van der Waals surface area contributed by atoms with Gasteiger partial charge in [-0.2, -0.15) is 0 Å². The zero-order chi connectivity index (χ0) is 15.8. The number of hydrogen-bond acceptors (Lipinski definition) is 5. The van der Waals surface area contributed by atoms with Crippen molar-refractivity contribution in [3.05, 3.63) is 29.3 Å². The Bertz CT molecular complexity index is 562. The van der Waals surface area contributed by atoms with E-state index in [2.05, 4.69) is 45.6 Å². The summed E-state index contributed by atoms with van der Waals surface area (Å²) in [6.07, 6.45) is 0. The predicted octanol–water partition coefficient (Wildman–Crippen LogP) is 0.960. The van der Waals surface area contributed by atoms with Gasteiger partial charge in [-0.05, 0) is 30.2 Å². The highest BCUT2D eigenvalue weighted by atomic mass is 16.5. The largest absolute Gasteiger partial charge is 0.383 e. The lowest BCUT2D eigenvalue weighted by Crippen LogP contribution is -2.53. The van der Waals surface area contributed by atoms with Crippen molar-refractivity contribution in [2.24, 2.45) is 0 Å². The second-order valence-corrected chi connectivity index (χ2v) is 7.09. The van der Waals surface area contributed by atoms with Crippen molar-refractivity contribution in [1.82, 2.24) is 15.5 Å². The van der Waals surface area contributed by atoms with Crippen molar-refractivity contribution in [3.63, 3.8) is 0 Å². The third kappa shape index (κ3) is 2.76. The highest BCUT2D eigenvalue weighted by Crippen LogP contribution is 2.38. The molecule has 0 saturated carbocycles. The van der Waals surface area contributed by atoms with Crippen molar-refractivity contribution in [3.8, 4) is 0 Å². The van der Waals surface area contributed by atoms with Gasteiger partial charge in [0, 0.05) is 64.1 Å². The molecule has 2 fully saturated rings. The summed E-state index contributed by atoms with van der Waals surface area (Å²) in [6, 6.07) is 8.70. The molecule has 3 atom stereocenters. The summed E-state index contributed by atoms with van der Waals surface area (Å²) in [6.45, 7) is 9.49. The van der Waals surface area contributed by atoms with Gasteiger partial charge in [-0.1, -0.05) is 6.07 Å². The van der Waals surface area contributed by atoms with E-state index in [9.17, 15) is 0 Å². The van der Waals surface area contributed by atoms with Crippen LogP contribution >= 0.6 is 0 Å². The highest BCUT2D eigenvalue weighted by Gasteiger charge is 2.36. The fourth-order valence-corrected chi connectivity index (χ4v) is 4.40. The zero-order valence-corrected chi connectivity index (χ0v) is 14.2. The lowest BCUT2D eigenvalue weighted by Gasteiger charge is -2.38. The first kappa shape index (κ1) is 15.4. The molecule has 1 unspecified atom stereocenters. The molecule has 3 aliphatic rings. The molecule has 5 heteroatoms. The lowest BCUT2D eigenvalue weighted by molar-refractivity contribution is 0.119. The minimum Gasteiger partial charge on any atom is -0.383 e. The van der Waals surface area contributed by atoms with Gasteiger partial charge in [0.05, 0.1) is 12.6 Å². The van der Waals surface area contributed by atoms with Gasteiger partial charge in [0.15, 0.2) is 0 Å². The van der Waals surface area contributed by atoms with Crippen LogP contribution < -0.4 is 15.5 Å². The van der Waals surface area contributed by atoms with Crippen LogP contribution in [0.4, 0.5) is 5.69 Å². The van der Waals surface area contributed by atoms with E-state index in [-0.39, 0.29) is 0 Å². The number of nitrogens with one attached hydrogen (secondary N) is 2. The van der Waals surface area contributed by atoms with Gasteiger partial charge in [-0.15, -0.1) is 0 Å². The normalized spacial score (nSPS) is 31.0. The molecule has 0 aliphatic carbocycles. The number of fused-ring (bicyclic) bond motifs is 3. The summed E-state index contributed by atoms with van der Waals surface area (Å²) >= 11 is 0. The molecule has 3 aliphatic heterocycles. The maximum atomic E-state index is 5.42. The molecule has 0 amide bonds. The molecular formula is C18H28N4O. The quantitative estimate of drug-likeness (QED) is 0.869. The summed E-state index contributed by atoms with van der Waals surface area (Å²) in [5.74, 6) is 0. The molecule has 0 radical (unpaired) electrons. The van der Waals surface area contributed by atoms with E-state index in [1.165, 1.54) is 16.8 Å². The van der Waals surface area contributed by atoms with E-state index in [1.807, 2.05) is 0 Å². The van der Waals surface area contributed by atoms with E-state index >= 15 is 0 Å². The second kappa shape index (κ2) is 6.40. The number of benzene rings is 1. The molecule has 1 aromatic carbocycles. The Hall–Kier alpha value is -1.14. The van der Waals surface area contributed by atoms with Gasteiger partial charge in [0.25, 0.3) is 0 Å². The van der Waals surface area contributed by atoms with E-state index in [0.717, 1.165) is 45.9 Å². The van der Waals surface area contributed by atoms with Crippen LogP contribution in [-0.2, 0) is 11.3 Å². The van der Waals surface area contributed by atoms with Gasteiger partial charge < -0.3 is 20.3 Å². The van der Waals surface area contributed by atoms with Crippen LogP contribution in [-0.4, -0.2) is 63.4 Å². The molecule has 0 aromatic heterocycles. The Morgan fingerprint density at radius 2 is 2.13 bits per heavy atom. The van der Waals surface area contributed by atoms with E-state index in [1.54, 1.807) is 7.11 Å². The van der Waals surface area contributed by atoms with E-state index in [0.29, 0.717) is 18.1 Å². The topological polar surface area (TPSA) is 39.8 Å². The number of methoxy groups -OCH3 is 1. The molecule has 126 valence electrons. The lowest BCUT2D eigenvalue weighted by atomic mass is 10.0. The molecule has 5 nitrogen and oxygen atoms in total. The molecule has 2 N–H and O–H groups in total. The molecule has 23 heavy (non-hydrogen) atoms. The van der Waals surface area contributed by atoms with Crippen LogP contribution in [0.3, 0.4) is 0 Å². The number of nitrogens with zero attached hydrogens (tertiary/aromatic N) is 2. The average Bonchev–Trinajstić information content (AvgIpc) is 2.95. The number of piperazine rings is 2. The maximum absolute atomic E-state index is 5.42. The molecule has 1 aromatic rings. The fraction of sp³-hybridized carbons (Fsp3) is 0.667. The number of rotatable bonds is 3. The van der Waals surface area contributed by atoms with Crippen LogP contribution in [0, 0.1) is 0 Å². The first-order valence-corrected chi connectivity index (χ1v) is 8.83. The number of hydrogen-bond donors (Lipinski definition) is 2. The summed E-state index contributed by atoms with van der Waals surface area (Å²) < 4.78 is 5.42. The van der Waals surface area contributed by atoms with Crippen LogP contribution in [0.25, 0.3) is 0 Å². The highest BCUT2D eigenvalue weighted by molar-refractivity contribution is 5.54. The molecular weight excluding hydrogens is 288 g/mol. The van der Waals surface area contributed by atoms with Gasteiger partial charge >= 0.3 is 0 Å². The third-order valence-electron chi connectivity index (χ3n) is 5.62. The van der Waals surface area contributed by atoms with Gasteiger partial charge in [-0.3, -0.25) is 4.90 Å². The van der Waals surface area contributed by atoms with Crippen LogP contribution in [0.1, 0.15) is 24.1 Å².